The number of aryl methyl sites for hydroxylation is 1. The van der Waals surface area contributed by atoms with Crippen LogP contribution in [0.5, 0.6) is 0 Å². The van der Waals surface area contributed by atoms with Crippen LogP contribution in [0.2, 0.25) is 0 Å². The second kappa shape index (κ2) is 6.07. The third kappa shape index (κ3) is 3.45. The van der Waals surface area contributed by atoms with Crippen LogP contribution in [-0.4, -0.2) is 4.98 Å². The number of nitrogens with zero attached hydrogens (tertiary/aromatic N) is 1. The number of hydrogen-bond acceptors (Lipinski definition) is 1. The Balaban J connectivity index is 2.01. The van der Waals surface area contributed by atoms with Gasteiger partial charge in [-0.15, -0.1) is 0 Å². The molecule has 1 nitrogen and oxygen atoms in total. The molecule has 1 heterocycles. The average molecular weight is 331 g/mol. The highest BCUT2D eigenvalue weighted by Gasteiger charge is 2.30. The molecule has 0 fully saturated rings. The van der Waals surface area contributed by atoms with Crippen molar-refractivity contribution in [1.29, 1.82) is 0 Å². The minimum Gasteiger partial charge on any atom is -0.248 e. The molecule has 0 saturated heterocycles. The molecule has 0 unspecified atom stereocenters. The van der Waals surface area contributed by atoms with Crippen molar-refractivity contribution in [3.05, 3.63) is 77.6 Å². The number of aromatic nitrogens is 1. The van der Waals surface area contributed by atoms with E-state index in [1.165, 1.54) is 24.3 Å². The molecule has 0 bridgehead atoms. The van der Waals surface area contributed by atoms with E-state index in [0.29, 0.717) is 17.0 Å². The standard InChI is InChI=1S/C19H13F4N/c1-12-10-17(13-2-6-15(7-3-13)19(21,22)23)24-18(11-12)14-4-8-16(20)9-5-14/h2-11H,1H3. The molecule has 0 saturated carbocycles. The molecule has 1 aromatic heterocycles. The lowest BCUT2D eigenvalue weighted by molar-refractivity contribution is -0.137. The molecule has 0 amide bonds. The first-order valence-corrected chi connectivity index (χ1v) is 7.25. The van der Waals surface area contributed by atoms with Crippen LogP contribution in [0.25, 0.3) is 22.5 Å². The summed E-state index contributed by atoms with van der Waals surface area (Å²) in [5.41, 5.74) is 2.77. The molecule has 122 valence electrons. The zero-order valence-corrected chi connectivity index (χ0v) is 12.7. The Morgan fingerprint density at radius 2 is 1.21 bits per heavy atom. The number of benzene rings is 2. The quantitative estimate of drug-likeness (QED) is 0.534. The predicted octanol–water partition coefficient (Wildman–Crippen LogP) is 5.88. The number of halogens is 4. The Labute approximate surface area is 136 Å². The van der Waals surface area contributed by atoms with E-state index in [1.807, 2.05) is 13.0 Å². The van der Waals surface area contributed by atoms with Crippen molar-refractivity contribution in [2.75, 3.05) is 0 Å². The minimum atomic E-state index is -4.36. The largest absolute Gasteiger partial charge is 0.416 e. The van der Waals surface area contributed by atoms with E-state index in [2.05, 4.69) is 4.98 Å². The van der Waals surface area contributed by atoms with E-state index < -0.39 is 11.7 Å². The smallest absolute Gasteiger partial charge is 0.248 e. The van der Waals surface area contributed by atoms with Crippen molar-refractivity contribution < 1.29 is 17.6 Å². The molecule has 0 N–H and O–H groups in total. The first-order valence-electron chi connectivity index (χ1n) is 7.25. The van der Waals surface area contributed by atoms with Crippen LogP contribution in [0.3, 0.4) is 0 Å². The number of hydrogen-bond donors (Lipinski definition) is 0. The second-order valence-corrected chi connectivity index (χ2v) is 5.50. The monoisotopic (exact) mass is 331 g/mol. The van der Waals surface area contributed by atoms with Gasteiger partial charge in [-0.05, 0) is 61.0 Å². The number of pyridine rings is 1. The van der Waals surface area contributed by atoms with E-state index in [1.54, 1.807) is 18.2 Å². The van der Waals surface area contributed by atoms with Crippen molar-refractivity contribution >= 4 is 0 Å². The van der Waals surface area contributed by atoms with Gasteiger partial charge in [0.15, 0.2) is 0 Å². The van der Waals surface area contributed by atoms with Crippen LogP contribution in [0.15, 0.2) is 60.7 Å². The van der Waals surface area contributed by atoms with E-state index >= 15 is 0 Å². The molecule has 24 heavy (non-hydrogen) atoms. The summed E-state index contributed by atoms with van der Waals surface area (Å²) in [6.07, 6.45) is -4.36. The summed E-state index contributed by atoms with van der Waals surface area (Å²) < 4.78 is 51.0. The van der Waals surface area contributed by atoms with E-state index in [4.69, 9.17) is 0 Å². The highest BCUT2D eigenvalue weighted by Crippen LogP contribution is 2.31. The van der Waals surface area contributed by atoms with Gasteiger partial charge in [-0.1, -0.05) is 12.1 Å². The van der Waals surface area contributed by atoms with Crippen molar-refractivity contribution in [1.82, 2.24) is 4.98 Å². The van der Waals surface area contributed by atoms with E-state index in [0.717, 1.165) is 23.3 Å². The van der Waals surface area contributed by atoms with Crippen molar-refractivity contribution in [3.63, 3.8) is 0 Å². The van der Waals surface area contributed by atoms with Crippen LogP contribution in [0.1, 0.15) is 11.1 Å². The molecule has 0 aliphatic carbocycles. The fourth-order valence-corrected chi connectivity index (χ4v) is 2.41. The lowest BCUT2D eigenvalue weighted by Crippen LogP contribution is -2.04. The van der Waals surface area contributed by atoms with E-state index in [-0.39, 0.29) is 5.82 Å². The summed E-state index contributed by atoms with van der Waals surface area (Å²) in [5, 5.41) is 0. The molecule has 0 aliphatic heterocycles. The zero-order valence-electron chi connectivity index (χ0n) is 12.7. The molecule has 3 aromatic rings. The second-order valence-electron chi connectivity index (χ2n) is 5.50. The summed E-state index contributed by atoms with van der Waals surface area (Å²) in [6.45, 7) is 1.88. The molecule has 2 aromatic carbocycles. The molecule has 0 spiro atoms. The topological polar surface area (TPSA) is 12.9 Å². The van der Waals surface area contributed by atoms with Gasteiger partial charge in [0.05, 0.1) is 17.0 Å². The van der Waals surface area contributed by atoms with Gasteiger partial charge in [-0.2, -0.15) is 13.2 Å². The van der Waals surface area contributed by atoms with Crippen molar-refractivity contribution in [3.8, 4) is 22.5 Å². The lowest BCUT2D eigenvalue weighted by Gasteiger charge is -2.10. The van der Waals surface area contributed by atoms with Gasteiger partial charge in [0.1, 0.15) is 5.82 Å². The Kier molecular flexibility index (Phi) is 4.09. The van der Waals surface area contributed by atoms with Crippen molar-refractivity contribution in [2.24, 2.45) is 0 Å². The Hall–Kier alpha value is -2.69. The maximum absolute atomic E-state index is 13.0. The van der Waals surface area contributed by atoms with Gasteiger partial charge in [-0.25, -0.2) is 9.37 Å². The third-order valence-electron chi connectivity index (χ3n) is 3.62. The van der Waals surface area contributed by atoms with Crippen LogP contribution < -0.4 is 0 Å². The van der Waals surface area contributed by atoms with Crippen molar-refractivity contribution in [2.45, 2.75) is 13.1 Å². The van der Waals surface area contributed by atoms with Gasteiger partial charge >= 0.3 is 6.18 Å². The molecule has 3 rings (SSSR count). The predicted molar refractivity (Wildman–Crippen MR) is 84.8 cm³/mol. The molecule has 0 radical (unpaired) electrons. The van der Waals surface area contributed by atoms with Gasteiger partial charge < -0.3 is 0 Å². The molecule has 0 atom stereocenters. The SMILES string of the molecule is Cc1cc(-c2ccc(F)cc2)nc(-c2ccc(C(F)(F)F)cc2)c1. The Bertz CT molecular complexity index is 850. The summed E-state index contributed by atoms with van der Waals surface area (Å²) in [5.74, 6) is -0.339. The number of alkyl halides is 3. The molecule has 0 aliphatic rings. The third-order valence-corrected chi connectivity index (χ3v) is 3.62. The fraction of sp³-hybridized carbons (Fsp3) is 0.105. The van der Waals surface area contributed by atoms with Crippen LogP contribution in [0.4, 0.5) is 17.6 Å². The summed E-state index contributed by atoms with van der Waals surface area (Å²) in [7, 11) is 0. The first-order chi connectivity index (χ1) is 11.3. The van der Waals surface area contributed by atoms with Gasteiger partial charge in [0.2, 0.25) is 0 Å². The minimum absolute atomic E-state index is 0.339. The summed E-state index contributed by atoms with van der Waals surface area (Å²) >= 11 is 0. The van der Waals surface area contributed by atoms with Gasteiger partial charge in [0.25, 0.3) is 0 Å². The fourth-order valence-electron chi connectivity index (χ4n) is 2.41. The average Bonchev–Trinajstić information content (AvgIpc) is 2.54. The van der Waals surface area contributed by atoms with Crippen LogP contribution in [0, 0.1) is 12.7 Å². The lowest BCUT2D eigenvalue weighted by atomic mass is 10.0. The zero-order chi connectivity index (χ0) is 17.3. The number of rotatable bonds is 2. The molecular formula is C19H13F4N. The normalized spacial score (nSPS) is 11.5. The van der Waals surface area contributed by atoms with Gasteiger partial charge in [0, 0.05) is 11.1 Å². The Morgan fingerprint density at radius 1 is 0.750 bits per heavy atom. The van der Waals surface area contributed by atoms with Crippen LogP contribution in [-0.2, 0) is 6.18 Å². The maximum Gasteiger partial charge on any atom is 0.416 e. The molecular weight excluding hydrogens is 318 g/mol. The highest BCUT2D eigenvalue weighted by atomic mass is 19.4. The van der Waals surface area contributed by atoms with Crippen LogP contribution >= 0.6 is 0 Å². The van der Waals surface area contributed by atoms with Gasteiger partial charge in [-0.3, -0.25) is 0 Å². The first kappa shape index (κ1) is 16.2. The highest BCUT2D eigenvalue weighted by molar-refractivity contribution is 5.67. The molecule has 5 heteroatoms. The summed E-state index contributed by atoms with van der Waals surface area (Å²) in [4.78, 5) is 4.49. The summed E-state index contributed by atoms with van der Waals surface area (Å²) in [6, 6.07) is 14.5. The maximum atomic E-state index is 13.0. The Morgan fingerprint density at radius 3 is 1.67 bits per heavy atom. The van der Waals surface area contributed by atoms with E-state index in [9.17, 15) is 17.6 Å².